The molecule has 2 heterocycles. The van der Waals surface area contributed by atoms with Crippen molar-refractivity contribution >= 4 is 35.0 Å². The summed E-state index contributed by atoms with van der Waals surface area (Å²) in [6.07, 6.45) is 0. The van der Waals surface area contributed by atoms with Crippen LogP contribution in [-0.2, 0) is 0 Å². The second-order valence-corrected chi connectivity index (χ2v) is 4.13. The molecule has 0 radical (unpaired) electrons. The fourth-order valence-electron chi connectivity index (χ4n) is 0.799. The zero-order valence-electron chi connectivity index (χ0n) is 7.40. The van der Waals surface area contributed by atoms with Crippen LogP contribution in [0.3, 0.4) is 0 Å². The Morgan fingerprint density at radius 1 is 1.20 bits per heavy atom. The molecule has 6 nitrogen and oxygen atoms in total. The highest BCUT2D eigenvalue weighted by molar-refractivity contribution is 7.99. The van der Waals surface area contributed by atoms with Gasteiger partial charge in [-0.1, -0.05) is 11.6 Å². The minimum Gasteiger partial charge on any atom is -0.262 e. The molecule has 9 heteroatoms. The molecule has 0 aromatic carbocycles. The lowest BCUT2D eigenvalue weighted by Gasteiger charge is -1.97. The average molecular weight is 263 g/mol. The number of H-pyrrole nitrogens is 1. The third-order valence-corrected chi connectivity index (χ3v) is 2.73. The summed E-state index contributed by atoms with van der Waals surface area (Å²) in [5, 5.41) is 14.9. The van der Waals surface area contributed by atoms with E-state index in [2.05, 4.69) is 30.4 Å². The van der Waals surface area contributed by atoms with Gasteiger partial charge in [0.15, 0.2) is 5.15 Å². The summed E-state index contributed by atoms with van der Waals surface area (Å²) in [5.41, 5.74) is 0. The summed E-state index contributed by atoms with van der Waals surface area (Å²) in [4.78, 5) is 7.99. The lowest BCUT2D eigenvalue weighted by Crippen LogP contribution is -1.91. The third-order valence-electron chi connectivity index (χ3n) is 1.36. The number of nitrogens with one attached hydrogen (secondary N) is 1. The molecule has 2 aromatic heterocycles. The first-order valence-corrected chi connectivity index (χ1v) is 5.35. The molecule has 0 aliphatic carbocycles. The molecule has 0 amide bonds. The summed E-state index contributed by atoms with van der Waals surface area (Å²) < 4.78 is 0. The van der Waals surface area contributed by atoms with E-state index in [1.165, 1.54) is 11.8 Å². The molecule has 1 N–H and O–H groups in total. The van der Waals surface area contributed by atoms with E-state index in [4.69, 9.17) is 23.2 Å². The lowest BCUT2D eigenvalue weighted by atomic mass is 10.8. The van der Waals surface area contributed by atoms with Crippen LogP contribution < -0.4 is 0 Å². The molecule has 0 bridgehead atoms. The van der Waals surface area contributed by atoms with Crippen molar-refractivity contribution in [3.05, 3.63) is 16.3 Å². The summed E-state index contributed by atoms with van der Waals surface area (Å²) in [6.45, 7) is 1.80. The Morgan fingerprint density at radius 3 is 2.67 bits per heavy atom. The first-order valence-electron chi connectivity index (χ1n) is 3.78. The van der Waals surface area contributed by atoms with Crippen molar-refractivity contribution in [3.63, 3.8) is 0 Å². The van der Waals surface area contributed by atoms with Crippen molar-refractivity contribution in [2.45, 2.75) is 17.1 Å². The van der Waals surface area contributed by atoms with Gasteiger partial charge in [0, 0.05) is 0 Å². The van der Waals surface area contributed by atoms with Crippen LogP contribution in [-0.4, -0.2) is 30.4 Å². The van der Waals surface area contributed by atoms with E-state index in [9.17, 15) is 0 Å². The average Bonchev–Trinajstić information content (AvgIpc) is 2.58. The van der Waals surface area contributed by atoms with Gasteiger partial charge in [-0.15, -0.1) is 15.3 Å². The van der Waals surface area contributed by atoms with Gasteiger partial charge in [-0.05, 0) is 30.3 Å². The van der Waals surface area contributed by atoms with Crippen LogP contribution in [0.5, 0.6) is 0 Å². The summed E-state index contributed by atoms with van der Waals surface area (Å²) in [7, 11) is 0. The van der Waals surface area contributed by atoms with E-state index in [0.717, 1.165) is 0 Å². The van der Waals surface area contributed by atoms with Gasteiger partial charge in [-0.25, -0.2) is 9.97 Å². The number of rotatable bonds is 2. The van der Waals surface area contributed by atoms with Crippen LogP contribution >= 0.6 is 35.0 Å². The molecular formula is C6H4Cl2N6S. The minimum absolute atomic E-state index is 0.0363. The highest BCUT2D eigenvalue weighted by atomic mass is 35.5. The molecular weight excluding hydrogens is 259 g/mol. The summed E-state index contributed by atoms with van der Waals surface area (Å²) >= 11 is 12.5. The molecule has 78 valence electrons. The Bertz CT molecular complexity index is 486. The van der Waals surface area contributed by atoms with Gasteiger partial charge in [0.2, 0.25) is 10.4 Å². The van der Waals surface area contributed by atoms with E-state index in [0.29, 0.717) is 16.0 Å². The maximum absolute atomic E-state index is 5.77. The molecule has 2 rings (SSSR count). The highest BCUT2D eigenvalue weighted by Crippen LogP contribution is 2.27. The van der Waals surface area contributed by atoms with Gasteiger partial charge < -0.3 is 0 Å². The molecule has 0 unspecified atom stereocenters. The van der Waals surface area contributed by atoms with Crippen LogP contribution in [0, 0.1) is 6.92 Å². The van der Waals surface area contributed by atoms with E-state index < -0.39 is 0 Å². The van der Waals surface area contributed by atoms with E-state index in [1.807, 2.05) is 0 Å². The zero-order valence-corrected chi connectivity index (χ0v) is 9.73. The van der Waals surface area contributed by atoms with Crippen LogP contribution in [0.25, 0.3) is 0 Å². The lowest BCUT2D eigenvalue weighted by molar-refractivity contribution is 0.897. The number of hydrogen-bond donors (Lipinski definition) is 1. The predicted molar refractivity (Wildman–Crippen MR) is 55.1 cm³/mol. The smallest absolute Gasteiger partial charge is 0.244 e. The first kappa shape index (κ1) is 10.6. The Kier molecular flexibility index (Phi) is 3.03. The maximum atomic E-state index is 5.77. The Morgan fingerprint density at radius 2 is 2.00 bits per heavy atom. The third kappa shape index (κ3) is 2.55. The molecule has 0 saturated carbocycles. The maximum Gasteiger partial charge on any atom is 0.244 e. The van der Waals surface area contributed by atoms with Crippen LogP contribution in [0.1, 0.15) is 5.82 Å². The van der Waals surface area contributed by atoms with Gasteiger partial charge >= 0.3 is 0 Å². The van der Waals surface area contributed by atoms with Gasteiger partial charge in [0.05, 0.1) is 0 Å². The van der Waals surface area contributed by atoms with Gasteiger partial charge in [0.25, 0.3) is 0 Å². The fourth-order valence-corrected chi connectivity index (χ4v) is 1.87. The summed E-state index contributed by atoms with van der Waals surface area (Å²) in [5.74, 6) is 0.710. The van der Waals surface area contributed by atoms with Gasteiger partial charge in [-0.3, -0.25) is 5.10 Å². The number of aryl methyl sites for hydroxylation is 1. The first-order chi connectivity index (χ1) is 7.15. The molecule has 15 heavy (non-hydrogen) atoms. The van der Waals surface area contributed by atoms with Crippen molar-refractivity contribution in [2.75, 3.05) is 0 Å². The van der Waals surface area contributed by atoms with Crippen LogP contribution in [0.15, 0.2) is 10.2 Å². The normalized spacial score (nSPS) is 10.6. The Hall–Kier alpha value is -0.920. The van der Waals surface area contributed by atoms with Gasteiger partial charge in [0.1, 0.15) is 10.9 Å². The second-order valence-electron chi connectivity index (χ2n) is 2.48. The second kappa shape index (κ2) is 4.30. The Labute approximate surface area is 98.8 Å². The van der Waals surface area contributed by atoms with Crippen molar-refractivity contribution in [3.8, 4) is 0 Å². The molecule has 0 saturated heterocycles. The summed E-state index contributed by atoms with van der Waals surface area (Å²) in [6, 6.07) is 0. The largest absolute Gasteiger partial charge is 0.262 e. The quantitative estimate of drug-likeness (QED) is 0.889. The molecule has 0 aliphatic heterocycles. The predicted octanol–water partition coefficient (Wildman–Crippen LogP) is 1.76. The van der Waals surface area contributed by atoms with E-state index in [1.54, 1.807) is 6.92 Å². The number of nitrogens with zero attached hydrogens (tertiary/aromatic N) is 5. The molecule has 0 atom stereocenters. The van der Waals surface area contributed by atoms with E-state index >= 15 is 0 Å². The van der Waals surface area contributed by atoms with Crippen molar-refractivity contribution in [2.24, 2.45) is 0 Å². The number of aromatic nitrogens is 6. The number of halogens is 2. The van der Waals surface area contributed by atoms with Crippen molar-refractivity contribution in [1.29, 1.82) is 0 Å². The Balaban J connectivity index is 2.27. The molecule has 2 aromatic rings. The number of hydrogen-bond acceptors (Lipinski definition) is 6. The molecule has 0 aliphatic rings. The van der Waals surface area contributed by atoms with Crippen LogP contribution in [0.4, 0.5) is 0 Å². The highest BCUT2D eigenvalue weighted by Gasteiger charge is 2.10. The number of aromatic amines is 1. The topological polar surface area (TPSA) is 80.2 Å². The van der Waals surface area contributed by atoms with Crippen molar-refractivity contribution < 1.29 is 0 Å². The fraction of sp³-hybridized carbons (Fsp3) is 0.167. The van der Waals surface area contributed by atoms with Crippen LogP contribution in [0.2, 0.25) is 10.4 Å². The zero-order chi connectivity index (χ0) is 10.8. The molecule has 0 spiro atoms. The molecule has 0 fully saturated rings. The standard InChI is InChI=1S/C6H4Cl2N6S/c1-2-9-6(14-11-2)15-4-3(7)12-13-5(8)10-4/h1H3,(H,9,11,14). The minimum atomic E-state index is 0.0363. The SMILES string of the molecule is Cc1nc(Sc2nc(Cl)nnc2Cl)n[nH]1. The van der Waals surface area contributed by atoms with E-state index in [-0.39, 0.29) is 10.4 Å². The van der Waals surface area contributed by atoms with Crippen molar-refractivity contribution in [1.82, 2.24) is 30.4 Å². The van der Waals surface area contributed by atoms with Gasteiger partial charge in [-0.2, -0.15) is 0 Å². The monoisotopic (exact) mass is 262 g/mol.